The molecule has 5 nitrogen and oxygen atoms in total. The maximum absolute atomic E-state index is 12.4. The van der Waals surface area contributed by atoms with E-state index in [9.17, 15) is 9.59 Å². The topological polar surface area (TPSA) is 71.1 Å². The molecule has 3 rings (SSSR count). The Morgan fingerprint density at radius 1 is 1.04 bits per heavy atom. The largest absolute Gasteiger partial charge is 0.325 e. The SMILES string of the molecule is CC(C)(C)C(=O)Nc1nc(CC(=O)Nc2cccc3ccccc23)cs1. The lowest BCUT2D eigenvalue weighted by Gasteiger charge is -2.15. The molecule has 2 amide bonds. The van der Waals surface area contributed by atoms with Gasteiger partial charge in [0, 0.05) is 21.9 Å². The van der Waals surface area contributed by atoms with Gasteiger partial charge in [-0.05, 0) is 11.5 Å². The van der Waals surface area contributed by atoms with Crippen molar-refractivity contribution in [1.29, 1.82) is 0 Å². The van der Waals surface area contributed by atoms with Gasteiger partial charge in [0.2, 0.25) is 11.8 Å². The molecule has 2 aromatic carbocycles. The molecule has 6 heteroatoms. The van der Waals surface area contributed by atoms with E-state index in [1.165, 1.54) is 11.3 Å². The summed E-state index contributed by atoms with van der Waals surface area (Å²) in [5.41, 5.74) is 0.930. The summed E-state index contributed by atoms with van der Waals surface area (Å²) in [5, 5.41) is 10.1. The monoisotopic (exact) mass is 367 g/mol. The molecule has 26 heavy (non-hydrogen) atoms. The summed E-state index contributed by atoms with van der Waals surface area (Å²) in [5.74, 6) is -0.237. The Bertz CT molecular complexity index is 952. The van der Waals surface area contributed by atoms with Crippen LogP contribution >= 0.6 is 11.3 Å². The summed E-state index contributed by atoms with van der Waals surface area (Å²) in [7, 11) is 0. The minimum Gasteiger partial charge on any atom is -0.325 e. The molecular formula is C20H21N3O2S. The van der Waals surface area contributed by atoms with Crippen molar-refractivity contribution < 1.29 is 9.59 Å². The van der Waals surface area contributed by atoms with Crippen LogP contribution in [0.3, 0.4) is 0 Å². The summed E-state index contributed by atoms with van der Waals surface area (Å²) in [4.78, 5) is 28.7. The molecule has 0 saturated carbocycles. The number of anilines is 2. The molecule has 0 atom stereocenters. The smallest absolute Gasteiger partial charge is 0.231 e. The Morgan fingerprint density at radius 2 is 1.77 bits per heavy atom. The highest BCUT2D eigenvalue weighted by molar-refractivity contribution is 7.13. The molecule has 0 fully saturated rings. The normalized spacial score (nSPS) is 11.3. The molecule has 1 aromatic heterocycles. The van der Waals surface area contributed by atoms with Crippen LogP contribution in [0.15, 0.2) is 47.8 Å². The molecule has 1 heterocycles. The molecule has 134 valence electrons. The predicted octanol–water partition coefficient (Wildman–Crippen LogP) is 4.46. The van der Waals surface area contributed by atoms with Gasteiger partial charge in [-0.3, -0.25) is 9.59 Å². The second kappa shape index (κ2) is 7.25. The van der Waals surface area contributed by atoms with Gasteiger partial charge in [0.25, 0.3) is 0 Å². The summed E-state index contributed by atoms with van der Waals surface area (Å²) < 4.78 is 0. The van der Waals surface area contributed by atoms with Crippen LogP contribution in [0, 0.1) is 5.41 Å². The van der Waals surface area contributed by atoms with Crippen molar-refractivity contribution in [3.05, 3.63) is 53.5 Å². The number of hydrogen-bond donors (Lipinski definition) is 2. The number of benzene rings is 2. The maximum Gasteiger partial charge on any atom is 0.231 e. The number of rotatable bonds is 4. The second-order valence-corrected chi connectivity index (χ2v) is 7.96. The molecular weight excluding hydrogens is 346 g/mol. The number of fused-ring (bicyclic) bond motifs is 1. The van der Waals surface area contributed by atoms with Crippen LogP contribution in [0.2, 0.25) is 0 Å². The van der Waals surface area contributed by atoms with Crippen molar-refractivity contribution in [3.63, 3.8) is 0 Å². The maximum atomic E-state index is 12.4. The minimum atomic E-state index is -0.489. The first kappa shape index (κ1) is 18.1. The van der Waals surface area contributed by atoms with Gasteiger partial charge in [-0.2, -0.15) is 0 Å². The zero-order valence-electron chi connectivity index (χ0n) is 15.0. The van der Waals surface area contributed by atoms with E-state index < -0.39 is 5.41 Å². The van der Waals surface area contributed by atoms with Crippen molar-refractivity contribution in [2.45, 2.75) is 27.2 Å². The molecule has 0 spiro atoms. The van der Waals surface area contributed by atoms with Gasteiger partial charge in [0.1, 0.15) is 0 Å². The third-order valence-electron chi connectivity index (χ3n) is 3.86. The number of thiazole rings is 1. The van der Waals surface area contributed by atoms with Crippen molar-refractivity contribution in [2.24, 2.45) is 5.41 Å². The standard InChI is InChI=1S/C20H21N3O2S/c1-20(2,3)18(25)23-19-21-14(12-26-19)11-17(24)22-16-10-6-8-13-7-4-5-9-15(13)16/h4-10,12H,11H2,1-3H3,(H,22,24)(H,21,23,25). The van der Waals surface area contributed by atoms with Gasteiger partial charge in [-0.1, -0.05) is 57.2 Å². The van der Waals surface area contributed by atoms with E-state index in [0.29, 0.717) is 10.8 Å². The van der Waals surface area contributed by atoms with E-state index in [1.807, 2.05) is 63.2 Å². The number of aromatic nitrogens is 1. The van der Waals surface area contributed by atoms with Crippen LogP contribution in [0.5, 0.6) is 0 Å². The third-order valence-corrected chi connectivity index (χ3v) is 4.67. The molecule has 3 aromatic rings. The van der Waals surface area contributed by atoms with Crippen LogP contribution in [-0.4, -0.2) is 16.8 Å². The highest BCUT2D eigenvalue weighted by atomic mass is 32.1. The predicted molar refractivity (Wildman–Crippen MR) is 106 cm³/mol. The third kappa shape index (κ3) is 4.26. The quantitative estimate of drug-likeness (QED) is 0.715. The molecule has 2 N–H and O–H groups in total. The summed E-state index contributed by atoms with van der Waals surface area (Å²) in [6.07, 6.45) is 0.158. The average molecular weight is 367 g/mol. The van der Waals surface area contributed by atoms with Gasteiger partial charge >= 0.3 is 0 Å². The van der Waals surface area contributed by atoms with E-state index in [1.54, 1.807) is 5.38 Å². The summed E-state index contributed by atoms with van der Waals surface area (Å²) >= 11 is 1.32. The van der Waals surface area contributed by atoms with Crippen LogP contribution in [0.25, 0.3) is 10.8 Å². The molecule has 0 bridgehead atoms. The fourth-order valence-corrected chi connectivity index (χ4v) is 3.13. The van der Waals surface area contributed by atoms with Crippen molar-refractivity contribution in [2.75, 3.05) is 10.6 Å². The first-order valence-electron chi connectivity index (χ1n) is 8.36. The van der Waals surface area contributed by atoms with E-state index >= 15 is 0 Å². The Morgan fingerprint density at radius 3 is 2.54 bits per heavy atom. The molecule has 0 aliphatic heterocycles. The number of carbonyl (C=O) groups is 2. The molecule has 0 aliphatic carbocycles. The molecule has 0 saturated heterocycles. The van der Waals surface area contributed by atoms with Gasteiger partial charge in [0.05, 0.1) is 12.1 Å². The Balaban J connectivity index is 1.66. The number of carbonyl (C=O) groups excluding carboxylic acids is 2. The number of nitrogens with one attached hydrogen (secondary N) is 2. The van der Waals surface area contributed by atoms with Gasteiger partial charge in [0.15, 0.2) is 5.13 Å². The molecule has 0 aliphatic rings. The zero-order valence-corrected chi connectivity index (χ0v) is 15.8. The first-order chi connectivity index (χ1) is 12.3. The average Bonchev–Trinajstić information content (AvgIpc) is 3.01. The lowest BCUT2D eigenvalue weighted by atomic mass is 9.96. The molecule has 0 unspecified atom stereocenters. The van der Waals surface area contributed by atoms with Gasteiger partial charge in [-0.15, -0.1) is 11.3 Å². The number of hydrogen-bond acceptors (Lipinski definition) is 4. The second-order valence-electron chi connectivity index (χ2n) is 7.10. The highest BCUT2D eigenvalue weighted by Crippen LogP contribution is 2.24. The highest BCUT2D eigenvalue weighted by Gasteiger charge is 2.22. The van der Waals surface area contributed by atoms with Crippen molar-refractivity contribution in [3.8, 4) is 0 Å². The van der Waals surface area contributed by atoms with Crippen molar-refractivity contribution in [1.82, 2.24) is 4.98 Å². The Kier molecular flexibility index (Phi) is 5.04. The van der Waals surface area contributed by atoms with Crippen LogP contribution in [0.1, 0.15) is 26.5 Å². The Labute approximate surface area is 156 Å². The fraction of sp³-hybridized carbons (Fsp3) is 0.250. The van der Waals surface area contributed by atoms with E-state index in [-0.39, 0.29) is 18.2 Å². The van der Waals surface area contributed by atoms with Crippen LogP contribution in [-0.2, 0) is 16.0 Å². The zero-order chi connectivity index (χ0) is 18.7. The fourth-order valence-electron chi connectivity index (χ4n) is 2.42. The lowest BCUT2D eigenvalue weighted by molar-refractivity contribution is -0.123. The van der Waals surface area contributed by atoms with Gasteiger partial charge in [-0.25, -0.2) is 4.98 Å². The number of nitrogens with zero attached hydrogens (tertiary/aromatic N) is 1. The van der Waals surface area contributed by atoms with E-state index in [2.05, 4.69) is 15.6 Å². The summed E-state index contributed by atoms with van der Waals surface area (Å²) in [6, 6.07) is 13.7. The van der Waals surface area contributed by atoms with E-state index in [0.717, 1.165) is 16.5 Å². The van der Waals surface area contributed by atoms with Crippen LogP contribution in [0.4, 0.5) is 10.8 Å². The first-order valence-corrected chi connectivity index (χ1v) is 9.24. The lowest BCUT2D eigenvalue weighted by Crippen LogP contribution is -2.27. The molecule has 0 radical (unpaired) electrons. The van der Waals surface area contributed by atoms with Crippen molar-refractivity contribution >= 4 is 44.7 Å². The van der Waals surface area contributed by atoms with Crippen LogP contribution < -0.4 is 10.6 Å². The Hall–Kier alpha value is -2.73. The number of amides is 2. The van der Waals surface area contributed by atoms with E-state index in [4.69, 9.17) is 0 Å². The minimum absolute atomic E-state index is 0.0985. The summed E-state index contributed by atoms with van der Waals surface area (Å²) in [6.45, 7) is 5.53. The van der Waals surface area contributed by atoms with Gasteiger partial charge < -0.3 is 10.6 Å².